The second-order valence-electron chi connectivity index (χ2n) is 6.60. The molecule has 2 nitrogen and oxygen atoms in total. The molecule has 1 aliphatic heterocycles. The Bertz CT molecular complexity index is 422. The van der Waals surface area contributed by atoms with E-state index in [1.807, 2.05) is 0 Å². The van der Waals surface area contributed by atoms with Gasteiger partial charge in [0.15, 0.2) is 0 Å². The number of anilines is 1. The van der Waals surface area contributed by atoms with Gasteiger partial charge in [-0.05, 0) is 63.1 Å². The molecule has 0 saturated heterocycles. The fourth-order valence-corrected chi connectivity index (χ4v) is 3.68. The summed E-state index contributed by atoms with van der Waals surface area (Å²) in [6, 6.07) is 6.95. The molecule has 2 N–H and O–H groups in total. The van der Waals surface area contributed by atoms with E-state index in [1.165, 1.54) is 69.3 Å². The van der Waals surface area contributed by atoms with E-state index in [9.17, 15) is 0 Å². The van der Waals surface area contributed by atoms with Gasteiger partial charge in [0.2, 0.25) is 0 Å². The third kappa shape index (κ3) is 4.74. The van der Waals surface area contributed by atoms with Crippen molar-refractivity contribution in [3.63, 3.8) is 0 Å². The molecule has 2 rings (SSSR count). The lowest BCUT2D eigenvalue weighted by Crippen LogP contribution is -2.30. The SMILES string of the molecule is CCCC(CCN)CCCN1CCCc2cc(C)ccc21. The van der Waals surface area contributed by atoms with Crippen LogP contribution in [0.3, 0.4) is 0 Å². The Hall–Kier alpha value is -1.02. The predicted octanol–water partition coefficient (Wildman–Crippen LogP) is 4.29. The molecular formula is C19H32N2. The molecule has 1 aromatic rings. The van der Waals surface area contributed by atoms with E-state index in [-0.39, 0.29) is 0 Å². The van der Waals surface area contributed by atoms with E-state index in [4.69, 9.17) is 5.73 Å². The summed E-state index contributed by atoms with van der Waals surface area (Å²) in [4.78, 5) is 2.60. The molecule has 1 unspecified atom stereocenters. The van der Waals surface area contributed by atoms with Crippen molar-refractivity contribution in [1.29, 1.82) is 0 Å². The Morgan fingerprint density at radius 3 is 2.86 bits per heavy atom. The average Bonchev–Trinajstić information content (AvgIpc) is 2.47. The molecule has 1 atom stereocenters. The maximum Gasteiger partial charge on any atom is 0.0398 e. The second-order valence-corrected chi connectivity index (χ2v) is 6.60. The fourth-order valence-electron chi connectivity index (χ4n) is 3.68. The zero-order valence-electron chi connectivity index (χ0n) is 13.9. The van der Waals surface area contributed by atoms with Crippen LogP contribution >= 0.6 is 0 Å². The summed E-state index contributed by atoms with van der Waals surface area (Å²) in [5, 5.41) is 0. The minimum Gasteiger partial charge on any atom is -0.371 e. The maximum absolute atomic E-state index is 5.74. The van der Waals surface area contributed by atoms with Crippen molar-refractivity contribution < 1.29 is 0 Å². The first-order valence-electron chi connectivity index (χ1n) is 8.79. The molecule has 2 heteroatoms. The van der Waals surface area contributed by atoms with Crippen LogP contribution in [0.1, 0.15) is 56.6 Å². The van der Waals surface area contributed by atoms with Crippen molar-refractivity contribution in [2.24, 2.45) is 11.7 Å². The number of hydrogen-bond acceptors (Lipinski definition) is 2. The van der Waals surface area contributed by atoms with Crippen LogP contribution in [0.2, 0.25) is 0 Å². The van der Waals surface area contributed by atoms with Gasteiger partial charge in [0.1, 0.15) is 0 Å². The van der Waals surface area contributed by atoms with Gasteiger partial charge in [0, 0.05) is 18.8 Å². The third-order valence-corrected chi connectivity index (χ3v) is 4.76. The van der Waals surface area contributed by atoms with Crippen molar-refractivity contribution in [2.45, 2.75) is 58.8 Å². The van der Waals surface area contributed by atoms with Crippen molar-refractivity contribution in [3.05, 3.63) is 29.3 Å². The minimum absolute atomic E-state index is 0.835. The number of benzene rings is 1. The number of hydrogen-bond donors (Lipinski definition) is 1. The number of fused-ring (bicyclic) bond motifs is 1. The number of nitrogens with two attached hydrogens (primary N) is 1. The quantitative estimate of drug-likeness (QED) is 0.773. The summed E-state index contributed by atoms with van der Waals surface area (Å²) in [5.41, 5.74) is 10.2. The van der Waals surface area contributed by atoms with E-state index >= 15 is 0 Å². The molecule has 118 valence electrons. The number of nitrogens with zero attached hydrogens (tertiary/aromatic N) is 1. The average molecular weight is 288 g/mol. The lowest BCUT2D eigenvalue weighted by molar-refractivity contribution is 0.408. The Balaban J connectivity index is 1.87. The minimum atomic E-state index is 0.835. The summed E-state index contributed by atoms with van der Waals surface area (Å²) in [5.74, 6) is 0.835. The van der Waals surface area contributed by atoms with Gasteiger partial charge in [0.05, 0.1) is 0 Å². The summed E-state index contributed by atoms with van der Waals surface area (Å²) in [7, 11) is 0. The second kappa shape index (κ2) is 8.43. The van der Waals surface area contributed by atoms with Crippen LogP contribution in [0.15, 0.2) is 18.2 Å². The van der Waals surface area contributed by atoms with E-state index in [2.05, 4.69) is 36.9 Å². The van der Waals surface area contributed by atoms with Gasteiger partial charge in [-0.25, -0.2) is 0 Å². The highest BCUT2D eigenvalue weighted by Gasteiger charge is 2.16. The Labute approximate surface area is 130 Å². The highest BCUT2D eigenvalue weighted by Crippen LogP contribution is 2.28. The van der Waals surface area contributed by atoms with E-state index in [0.29, 0.717) is 0 Å². The van der Waals surface area contributed by atoms with Gasteiger partial charge in [-0.15, -0.1) is 0 Å². The first-order valence-corrected chi connectivity index (χ1v) is 8.79. The molecule has 21 heavy (non-hydrogen) atoms. The topological polar surface area (TPSA) is 29.3 Å². The summed E-state index contributed by atoms with van der Waals surface area (Å²) in [6.07, 6.45) is 9.02. The normalized spacial score (nSPS) is 15.9. The molecule has 0 aliphatic carbocycles. The molecule has 1 heterocycles. The van der Waals surface area contributed by atoms with Crippen molar-refractivity contribution in [2.75, 3.05) is 24.5 Å². The molecule has 0 amide bonds. The fraction of sp³-hybridized carbons (Fsp3) is 0.684. The zero-order valence-corrected chi connectivity index (χ0v) is 13.9. The molecular weight excluding hydrogens is 256 g/mol. The molecule has 0 bridgehead atoms. The van der Waals surface area contributed by atoms with Crippen LogP contribution in [0, 0.1) is 12.8 Å². The Kier molecular flexibility index (Phi) is 6.56. The van der Waals surface area contributed by atoms with Crippen LogP contribution in [0.4, 0.5) is 5.69 Å². The highest BCUT2D eigenvalue weighted by molar-refractivity contribution is 5.56. The van der Waals surface area contributed by atoms with Crippen molar-refractivity contribution in [1.82, 2.24) is 0 Å². The van der Waals surface area contributed by atoms with Crippen LogP contribution < -0.4 is 10.6 Å². The predicted molar refractivity (Wildman–Crippen MR) is 93.0 cm³/mol. The number of aryl methyl sites for hydroxylation is 2. The lowest BCUT2D eigenvalue weighted by Gasteiger charge is -2.32. The van der Waals surface area contributed by atoms with Crippen LogP contribution in [-0.2, 0) is 6.42 Å². The smallest absolute Gasteiger partial charge is 0.0398 e. The van der Waals surface area contributed by atoms with Gasteiger partial charge in [0.25, 0.3) is 0 Å². The molecule has 1 aromatic carbocycles. The third-order valence-electron chi connectivity index (χ3n) is 4.76. The van der Waals surface area contributed by atoms with Crippen molar-refractivity contribution >= 4 is 5.69 Å². The first-order chi connectivity index (χ1) is 10.2. The van der Waals surface area contributed by atoms with Gasteiger partial charge < -0.3 is 10.6 Å². The largest absolute Gasteiger partial charge is 0.371 e. The van der Waals surface area contributed by atoms with Crippen LogP contribution in [0.5, 0.6) is 0 Å². The van der Waals surface area contributed by atoms with Gasteiger partial charge in [-0.1, -0.05) is 37.5 Å². The Morgan fingerprint density at radius 1 is 1.24 bits per heavy atom. The van der Waals surface area contributed by atoms with Crippen molar-refractivity contribution in [3.8, 4) is 0 Å². The van der Waals surface area contributed by atoms with Gasteiger partial charge in [-0.3, -0.25) is 0 Å². The Morgan fingerprint density at radius 2 is 2.10 bits per heavy atom. The summed E-state index contributed by atoms with van der Waals surface area (Å²) < 4.78 is 0. The van der Waals surface area contributed by atoms with Gasteiger partial charge in [-0.2, -0.15) is 0 Å². The molecule has 0 saturated carbocycles. The monoisotopic (exact) mass is 288 g/mol. The highest BCUT2D eigenvalue weighted by atomic mass is 15.1. The van der Waals surface area contributed by atoms with Crippen LogP contribution in [0.25, 0.3) is 0 Å². The van der Waals surface area contributed by atoms with Crippen LogP contribution in [-0.4, -0.2) is 19.6 Å². The standard InChI is InChI=1S/C19H32N2/c1-3-6-17(11-12-20)7-4-13-21-14-5-8-18-15-16(2)9-10-19(18)21/h9-10,15,17H,3-8,11-14,20H2,1-2H3. The maximum atomic E-state index is 5.74. The summed E-state index contributed by atoms with van der Waals surface area (Å²) in [6.45, 7) is 7.76. The molecule has 1 aliphatic rings. The lowest BCUT2D eigenvalue weighted by atomic mass is 9.94. The van der Waals surface area contributed by atoms with E-state index in [1.54, 1.807) is 5.56 Å². The molecule has 0 spiro atoms. The molecule has 0 fully saturated rings. The first kappa shape index (κ1) is 16.4. The van der Waals surface area contributed by atoms with E-state index < -0.39 is 0 Å². The number of rotatable bonds is 8. The van der Waals surface area contributed by atoms with E-state index in [0.717, 1.165) is 12.5 Å². The summed E-state index contributed by atoms with van der Waals surface area (Å²) >= 11 is 0. The molecule has 0 aromatic heterocycles. The van der Waals surface area contributed by atoms with Gasteiger partial charge >= 0.3 is 0 Å². The zero-order chi connectivity index (χ0) is 15.1. The molecule has 0 radical (unpaired) electrons.